The van der Waals surface area contributed by atoms with Gasteiger partial charge >= 0.3 is 0 Å². The smallest absolute Gasteiger partial charge is 0.113 e. The minimum atomic E-state index is 0.891. The largest absolute Gasteiger partial charge is 0.327 e. The maximum absolute atomic E-state index is 4.60. The van der Waals surface area contributed by atoms with Gasteiger partial charge in [-0.2, -0.15) is 0 Å². The first-order valence-corrected chi connectivity index (χ1v) is 7.01. The van der Waals surface area contributed by atoms with Crippen LogP contribution in [0.3, 0.4) is 0 Å². The van der Waals surface area contributed by atoms with Crippen molar-refractivity contribution < 1.29 is 0 Å². The van der Waals surface area contributed by atoms with Gasteiger partial charge in [0.1, 0.15) is 5.01 Å². The molecule has 0 amide bonds. The fourth-order valence-corrected chi connectivity index (χ4v) is 3.35. The van der Waals surface area contributed by atoms with Crippen LogP contribution in [0.25, 0.3) is 0 Å². The van der Waals surface area contributed by atoms with Gasteiger partial charge in [0.25, 0.3) is 0 Å². The van der Waals surface area contributed by atoms with Crippen molar-refractivity contribution in [3.05, 3.63) is 33.3 Å². The summed E-state index contributed by atoms with van der Waals surface area (Å²) in [5.74, 6) is 0. The summed E-state index contributed by atoms with van der Waals surface area (Å²) in [4.78, 5) is 10.5. The van der Waals surface area contributed by atoms with Crippen LogP contribution < -0.4 is 0 Å². The molecule has 90 valence electrons. The minimum Gasteiger partial charge on any atom is -0.327 e. The molecule has 0 saturated heterocycles. The highest BCUT2D eigenvalue weighted by Crippen LogP contribution is 2.22. The SMILES string of the molecule is Cc1nc(Cn2cnc3c2CCCC3)sc1C. The van der Waals surface area contributed by atoms with E-state index in [1.54, 1.807) is 11.3 Å². The van der Waals surface area contributed by atoms with Crippen molar-refractivity contribution in [3.8, 4) is 0 Å². The summed E-state index contributed by atoms with van der Waals surface area (Å²) < 4.78 is 2.28. The summed E-state index contributed by atoms with van der Waals surface area (Å²) >= 11 is 1.80. The van der Waals surface area contributed by atoms with Gasteiger partial charge in [-0.3, -0.25) is 0 Å². The molecule has 0 spiro atoms. The summed E-state index contributed by atoms with van der Waals surface area (Å²) in [6.45, 7) is 5.11. The van der Waals surface area contributed by atoms with E-state index in [4.69, 9.17) is 0 Å². The van der Waals surface area contributed by atoms with Crippen LogP contribution in [0.1, 0.15) is 39.8 Å². The molecule has 1 aliphatic carbocycles. The van der Waals surface area contributed by atoms with Gasteiger partial charge in [0.2, 0.25) is 0 Å². The van der Waals surface area contributed by atoms with Crippen LogP contribution in [0.5, 0.6) is 0 Å². The van der Waals surface area contributed by atoms with E-state index in [-0.39, 0.29) is 0 Å². The Balaban J connectivity index is 1.87. The molecule has 0 N–H and O–H groups in total. The Bertz CT molecular complexity index is 519. The third-order valence-corrected chi connectivity index (χ3v) is 4.55. The standard InChI is InChI=1S/C13H17N3S/c1-9-10(2)17-13(15-9)7-16-8-14-11-5-3-4-6-12(11)16/h8H,3-7H2,1-2H3. The van der Waals surface area contributed by atoms with E-state index in [0.717, 1.165) is 13.0 Å². The number of hydrogen-bond donors (Lipinski definition) is 0. The number of rotatable bonds is 2. The summed E-state index contributed by atoms with van der Waals surface area (Å²) in [6.07, 6.45) is 6.91. The lowest BCUT2D eigenvalue weighted by atomic mass is 10.0. The quantitative estimate of drug-likeness (QED) is 0.817. The first kappa shape index (κ1) is 11.0. The lowest BCUT2D eigenvalue weighted by Crippen LogP contribution is -2.08. The van der Waals surface area contributed by atoms with Crippen LogP contribution in [0.15, 0.2) is 6.33 Å². The Hall–Kier alpha value is -1.16. The maximum atomic E-state index is 4.60. The van der Waals surface area contributed by atoms with Crippen LogP contribution in [0, 0.1) is 13.8 Å². The van der Waals surface area contributed by atoms with E-state index < -0.39 is 0 Å². The normalized spacial score (nSPS) is 14.9. The van der Waals surface area contributed by atoms with Crippen LogP contribution in [0.4, 0.5) is 0 Å². The number of hydrogen-bond acceptors (Lipinski definition) is 3. The number of aromatic nitrogens is 3. The van der Waals surface area contributed by atoms with Crippen molar-refractivity contribution in [2.75, 3.05) is 0 Å². The second-order valence-electron chi connectivity index (χ2n) is 4.72. The van der Waals surface area contributed by atoms with Crippen molar-refractivity contribution in [3.63, 3.8) is 0 Å². The van der Waals surface area contributed by atoms with Crippen LogP contribution in [0.2, 0.25) is 0 Å². The van der Waals surface area contributed by atoms with E-state index in [1.807, 2.05) is 6.33 Å². The molecule has 3 nitrogen and oxygen atoms in total. The van der Waals surface area contributed by atoms with Gasteiger partial charge in [0.05, 0.1) is 24.3 Å². The van der Waals surface area contributed by atoms with Crippen molar-refractivity contribution in [2.24, 2.45) is 0 Å². The molecule has 0 bridgehead atoms. The van der Waals surface area contributed by atoms with Crippen LogP contribution in [-0.2, 0) is 19.4 Å². The number of fused-ring (bicyclic) bond motifs is 1. The molecule has 0 aromatic carbocycles. The number of nitrogens with zero attached hydrogens (tertiary/aromatic N) is 3. The molecule has 3 rings (SSSR count). The zero-order valence-electron chi connectivity index (χ0n) is 10.4. The molecule has 2 aromatic rings. The van der Waals surface area contributed by atoms with E-state index in [1.165, 1.54) is 46.2 Å². The van der Waals surface area contributed by atoms with Crippen molar-refractivity contribution in [1.82, 2.24) is 14.5 Å². The molecule has 4 heteroatoms. The Kier molecular flexibility index (Phi) is 2.74. The molecule has 2 heterocycles. The third kappa shape index (κ3) is 2.02. The van der Waals surface area contributed by atoms with Gasteiger partial charge in [0, 0.05) is 10.6 Å². The average molecular weight is 247 g/mol. The fourth-order valence-electron chi connectivity index (χ4n) is 2.42. The third-order valence-electron chi connectivity index (χ3n) is 3.49. The number of thiazole rings is 1. The Morgan fingerprint density at radius 2 is 2.12 bits per heavy atom. The topological polar surface area (TPSA) is 30.7 Å². The zero-order chi connectivity index (χ0) is 11.8. The van der Waals surface area contributed by atoms with E-state index in [0.29, 0.717) is 0 Å². The number of imidazole rings is 1. The minimum absolute atomic E-state index is 0.891. The molecule has 0 unspecified atom stereocenters. The van der Waals surface area contributed by atoms with Crippen LogP contribution in [-0.4, -0.2) is 14.5 Å². The average Bonchev–Trinajstić information content (AvgIpc) is 2.85. The van der Waals surface area contributed by atoms with E-state index in [9.17, 15) is 0 Å². The molecule has 0 fully saturated rings. The molecule has 0 aliphatic heterocycles. The second-order valence-corrected chi connectivity index (χ2v) is 6.01. The predicted molar refractivity (Wildman–Crippen MR) is 69.6 cm³/mol. The predicted octanol–water partition coefficient (Wildman–Crippen LogP) is 2.88. The molecule has 17 heavy (non-hydrogen) atoms. The van der Waals surface area contributed by atoms with Crippen LogP contribution >= 0.6 is 11.3 Å². The molecule has 2 aromatic heterocycles. The monoisotopic (exact) mass is 247 g/mol. The molecule has 0 radical (unpaired) electrons. The first-order valence-electron chi connectivity index (χ1n) is 6.20. The highest BCUT2D eigenvalue weighted by molar-refractivity contribution is 7.11. The van der Waals surface area contributed by atoms with Crippen molar-refractivity contribution in [2.45, 2.75) is 46.1 Å². The summed E-state index contributed by atoms with van der Waals surface area (Å²) in [5, 5.41) is 1.20. The fraction of sp³-hybridized carbons (Fsp3) is 0.538. The Morgan fingerprint density at radius 3 is 2.88 bits per heavy atom. The van der Waals surface area contributed by atoms with Gasteiger partial charge in [0.15, 0.2) is 0 Å². The van der Waals surface area contributed by atoms with Gasteiger partial charge in [-0.25, -0.2) is 9.97 Å². The van der Waals surface area contributed by atoms with Crippen molar-refractivity contribution >= 4 is 11.3 Å². The lowest BCUT2D eigenvalue weighted by molar-refractivity contribution is 0.627. The number of aryl methyl sites for hydroxylation is 3. The summed E-state index contributed by atoms with van der Waals surface area (Å²) in [5.41, 5.74) is 3.90. The van der Waals surface area contributed by atoms with Gasteiger partial charge in [-0.05, 0) is 39.5 Å². The molecular weight excluding hydrogens is 230 g/mol. The second kappa shape index (κ2) is 4.26. The summed E-state index contributed by atoms with van der Waals surface area (Å²) in [6, 6.07) is 0. The van der Waals surface area contributed by atoms with Gasteiger partial charge in [-0.15, -0.1) is 11.3 Å². The molecular formula is C13H17N3S. The molecule has 0 saturated carbocycles. The van der Waals surface area contributed by atoms with E-state index in [2.05, 4.69) is 28.4 Å². The first-order chi connectivity index (χ1) is 8.24. The lowest BCUT2D eigenvalue weighted by Gasteiger charge is -2.12. The summed E-state index contributed by atoms with van der Waals surface area (Å²) in [7, 11) is 0. The van der Waals surface area contributed by atoms with Gasteiger partial charge in [-0.1, -0.05) is 0 Å². The maximum Gasteiger partial charge on any atom is 0.113 e. The highest BCUT2D eigenvalue weighted by Gasteiger charge is 2.16. The molecule has 0 atom stereocenters. The van der Waals surface area contributed by atoms with E-state index >= 15 is 0 Å². The Labute approximate surface area is 106 Å². The van der Waals surface area contributed by atoms with Crippen molar-refractivity contribution in [1.29, 1.82) is 0 Å². The zero-order valence-corrected chi connectivity index (χ0v) is 11.2. The highest BCUT2D eigenvalue weighted by atomic mass is 32.1. The Morgan fingerprint density at radius 1 is 1.29 bits per heavy atom. The molecule has 1 aliphatic rings. The van der Waals surface area contributed by atoms with Gasteiger partial charge < -0.3 is 4.57 Å².